The lowest BCUT2D eigenvalue weighted by Gasteiger charge is -2.43. The summed E-state index contributed by atoms with van der Waals surface area (Å²) in [5.41, 5.74) is 1.53. The Labute approximate surface area is 228 Å². The zero-order chi connectivity index (χ0) is 28.4. The molecule has 212 valence electrons. The highest BCUT2D eigenvalue weighted by Gasteiger charge is 2.49. The molecule has 2 aliphatic rings. The fraction of sp³-hybridized carbons (Fsp3) is 0.483. The number of aliphatic hydroxyl groups excluding tert-OH is 2. The number of carboxylic acid groups (broad SMARTS) is 2. The van der Waals surface area contributed by atoms with Gasteiger partial charge in [0, 0.05) is 32.7 Å². The number of carbonyl (C=O) groups is 3. The first kappa shape index (κ1) is 30.2. The molecule has 0 bridgehead atoms. The fourth-order valence-corrected chi connectivity index (χ4v) is 5.34. The Kier molecular flexibility index (Phi) is 11.0. The van der Waals surface area contributed by atoms with Gasteiger partial charge in [-0.15, -0.1) is 0 Å². The molecule has 39 heavy (non-hydrogen) atoms. The Morgan fingerprint density at radius 2 is 1.23 bits per heavy atom. The summed E-state index contributed by atoms with van der Waals surface area (Å²) in [5, 5.41) is 32.5. The van der Waals surface area contributed by atoms with Crippen molar-refractivity contribution in [2.45, 2.75) is 37.4 Å². The second-order valence-corrected chi connectivity index (χ2v) is 9.92. The van der Waals surface area contributed by atoms with Gasteiger partial charge in [0.25, 0.3) is 0 Å². The van der Waals surface area contributed by atoms with Crippen molar-refractivity contribution in [3.63, 3.8) is 0 Å². The van der Waals surface area contributed by atoms with Gasteiger partial charge in [0.05, 0.1) is 13.2 Å². The molecule has 0 aliphatic carbocycles. The third kappa shape index (κ3) is 7.21. The molecule has 2 heterocycles. The van der Waals surface area contributed by atoms with E-state index in [1.807, 2.05) is 12.1 Å². The number of nitrogens with zero attached hydrogens (tertiary/aromatic N) is 2. The van der Waals surface area contributed by atoms with Gasteiger partial charge in [-0.2, -0.15) is 0 Å². The second kappa shape index (κ2) is 14.2. The average Bonchev–Trinajstić information content (AvgIpc) is 3.50. The van der Waals surface area contributed by atoms with Crippen molar-refractivity contribution in [1.82, 2.24) is 9.80 Å². The molecule has 1 amide bonds. The molecule has 3 atom stereocenters. The Bertz CT molecular complexity index is 1010. The van der Waals surface area contributed by atoms with E-state index in [1.165, 1.54) is 0 Å². The SMILES string of the molecule is C[C@H](CN1CCOCC1)C(C(=O)N1CCCC1)(c1ccccc1)c1ccccc1.O=C(O)[C@H](O)[C@@H](O)C(=O)O. The highest BCUT2D eigenvalue weighted by molar-refractivity contribution is 5.93. The van der Waals surface area contributed by atoms with Gasteiger partial charge in [-0.05, 0) is 29.9 Å². The summed E-state index contributed by atoms with van der Waals surface area (Å²) in [6.45, 7) is 8.28. The van der Waals surface area contributed by atoms with E-state index >= 15 is 0 Å². The van der Waals surface area contributed by atoms with E-state index in [0.29, 0.717) is 0 Å². The first-order valence-corrected chi connectivity index (χ1v) is 13.2. The topological polar surface area (TPSA) is 148 Å². The summed E-state index contributed by atoms with van der Waals surface area (Å²) in [6.07, 6.45) is -2.33. The maximum absolute atomic E-state index is 14.2. The van der Waals surface area contributed by atoms with Crippen LogP contribution in [0.2, 0.25) is 0 Å². The lowest BCUT2D eigenvalue weighted by Crippen LogP contribution is -2.54. The first-order chi connectivity index (χ1) is 18.7. The molecule has 2 aromatic rings. The van der Waals surface area contributed by atoms with Crippen LogP contribution in [0.3, 0.4) is 0 Å². The van der Waals surface area contributed by atoms with Crippen molar-refractivity contribution in [3.05, 3.63) is 71.8 Å². The van der Waals surface area contributed by atoms with Crippen molar-refractivity contribution in [3.8, 4) is 0 Å². The van der Waals surface area contributed by atoms with Crippen LogP contribution in [0.5, 0.6) is 0 Å². The Hall–Kier alpha value is -3.31. The molecule has 4 rings (SSSR count). The number of hydrogen-bond donors (Lipinski definition) is 4. The molecule has 10 nitrogen and oxygen atoms in total. The molecule has 0 spiro atoms. The standard InChI is InChI=1S/C25H32N2O2.C4H6O6/c1-21(20-26-16-18-29-19-17-26)25(22-10-4-2-5-11-22,23-12-6-3-7-13-23)24(28)27-14-8-9-15-27;5-1(3(7)8)2(6)4(9)10/h2-7,10-13,21H,8-9,14-20H2,1H3;1-2,5-6H,(H,7,8)(H,9,10)/t21-;1-,2-/m11/s1. The molecule has 4 N–H and O–H groups in total. The minimum atomic E-state index is -2.27. The number of ether oxygens (including phenoxy) is 1. The van der Waals surface area contributed by atoms with Gasteiger partial charge in [-0.25, -0.2) is 9.59 Å². The number of amides is 1. The predicted molar refractivity (Wildman–Crippen MR) is 143 cm³/mol. The average molecular weight is 543 g/mol. The van der Waals surface area contributed by atoms with Gasteiger partial charge in [0.1, 0.15) is 5.41 Å². The zero-order valence-electron chi connectivity index (χ0n) is 22.2. The van der Waals surface area contributed by atoms with Crippen LogP contribution in [0, 0.1) is 5.92 Å². The number of rotatable bonds is 9. The minimum absolute atomic E-state index is 0.137. The molecule has 2 saturated heterocycles. The number of aliphatic carboxylic acids is 2. The molecule has 0 radical (unpaired) electrons. The largest absolute Gasteiger partial charge is 0.479 e. The van der Waals surface area contributed by atoms with E-state index in [2.05, 4.69) is 65.3 Å². The van der Waals surface area contributed by atoms with Crippen LogP contribution in [0.15, 0.2) is 60.7 Å². The Morgan fingerprint density at radius 1 is 0.795 bits per heavy atom. The predicted octanol–water partition coefficient (Wildman–Crippen LogP) is 1.44. The van der Waals surface area contributed by atoms with Crippen molar-refractivity contribution in [1.29, 1.82) is 0 Å². The van der Waals surface area contributed by atoms with Crippen LogP contribution in [-0.4, -0.2) is 106 Å². The van der Waals surface area contributed by atoms with E-state index < -0.39 is 29.6 Å². The molecule has 2 fully saturated rings. The van der Waals surface area contributed by atoms with Crippen molar-refractivity contribution >= 4 is 17.8 Å². The number of hydrogen-bond acceptors (Lipinski definition) is 7. The van der Waals surface area contributed by atoms with Crippen LogP contribution in [-0.2, 0) is 24.5 Å². The van der Waals surface area contributed by atoms with Crippen molar-refractivity contribution < 1.29 is 39.5 Å². The van der Waals surface area contributed by atoms with Crippen molar-refractivity contribution in [2.75, 3.05) is 45.9 Å². The number of likely N-dealkylation sites (tertiary alicyclic amines) is 1. The fourth-order valence-electron chi connectivity index (χ4n) is 5.34. The van der Waals surface area contributed by atoms with E-state index in [0.717, 1.165) is 69.9 Å². The summed E-state index contributed by atoms with van der Waals surface area (Å²) in [5.74, 6) is -3.14. The highest BCUT2D eigenvalue weighted by Crippen LogP contribution is 2.42. The Morgan fingerprint density at radius 3 is 1.64 bits per heavy atom. The quantitative estimate of drug-likeness (QED) is 0.369. The van der Waals surface area contributed by atoms with Gasteiger partial charge in [-0.3, -0.25) is 9.69 Å². The summed E-state index contributed by atoms with van der Waals surface area (Å²) in [4.78, 5) is 38.3. The van der Waals surface area contributed by atoms with E-state index in [4.69, 9.17) is 25.2 Å². The van der Waals surface area contributed by atoms with Gasteiger partial charge >= 0.3 is 11.9 Å². The summed E-state index contributed by atoms with van der Waals surface area (Å²) >= 11 is 0. The van der Waals surface area contributed by atoms with Crippen LogP contribution < -0.4 is 0 Å². The smallest absolute Gasteiger partial charge is 0.335 e. The third-order valence-electron chi connectivity index (χ3n) is 7.37. The molecular formula is C29H38N2O8. The zero-order valence-corrected chi connectivity index (χ0v) is 22.2. The minimum Gasteiger partial charge on any atom is -0.479 e. The molecule has 0 saturated carbocycles. The number of aliphatic hydroxyl groups is 2. The van der Waals surface area contributed by atoms with E-state index in [1.54, 1.807) is 0 Å². The number of morpholine rings is 1. The Balaban J connectivity index is 0.000000360. The maximum atomic E-state index is 14.2. The van der Waals surface area contributed by atoms with Crippen LogP contribution >= 0.6 is 0 Å². The monoisotopic (exact) mass is 542 g/mol. The molecular weight excluding hydrogens is 504 g/mol. The third-order valence-corrected chi connectivity index (χ3v) is 7.37. The van der Waals surface area contributed by atoms with Crippen molar-refractivity contribution in [2.24, 2.45) is 5.92 Å². The van der Waals surface area contributed by atoms with Gasteiger partial charge < -0.3 is 30.1 Å². The maximum Gasteiger partial charge on any atom is 0.335 e. The molecule has 10 heteroatoms. The van der Waals surface area contributed by atoms with Gasteiger partial charge in [0.15, 0.2) is 12.2 Å². The second-order valence-electron chi connectivity index (χ2n) is 9.92. The number of carboxylic acids is 2. The lowest BCUT2D eigenvalue weighted by molar-refractivity contribution is -0.165. The van der Waals surface area contributed by atoms with Crippen LogP contribution in [0.25, 0.3) is 0 Å². The lowest BCUT2D eigenvalue weighted by atomic mass is 9.65. The summed E-state index contributed by atoms with van der Waals surface area (Å²) < 4.78 is 5.55. The molecule has 0 unspecified atom stereocenters. The first-order valence-electron chi connectivity index (χ1n) is 13.2. The number of carbonyl (C=O) groups excluding carboxylic acids is 1. The highest BCUT2D eigenvalue weighted by atomic mass is 16.5. The van der Waals surface area contributed by atoms with Gasteiger partial charge in [-0.1, -0.05) is 67.6 Å². The summed E-state index contributed by atoms with van der Waals surface area (Å²) in [7, 11) is 0. The van der Waals surface area contributed by atoms with Crippen LogP contribution in [0.4, 0.5) is 0 Å². The van der Waals surface area contributed by atoms with E-state index in [-0.39, 0.29) is 11.8 Å². The molecule has 2 aliphatic heterocycles. The molecule has 2 aromatic carbocycles. The van der Waals surface area contributed by atoms with Gasteiger partial charge in [0.2, 0.25) is 5.91 Å². The summed E-state index contributed by atoms with van der Waals surface area (Å²) in [6, 6.07) is 20.9. The normalized spacial score (nSPS) is 18.4. The van der Waals surface area contributed by atoms with E-state index in [9.17, 15) is 14.4 Å². The molecule has 0 aromatic heterocycles. The number of benzene rings is 2. The van der Waals surface area contributed by atoms with Crippen LogP contribution in [0.1, 0.15) is 30.9 Å².